The van der Waals surface area contributed by atoms with Crippen molar-refractivity contribution >= 4 is 21.6 Å². The Hall–Kier alpha value is -2.19. The van der Waals surface area contributed by atoms with Gasteiger partial charge in [0.15, 0.2) is 5.03 Å². The summed E-state index contributed by atoms with van der Waals surface area (Å²) < 4.78 is 29.1. The van der Waals surface area contributed by atoms with Gasteiger partial charge in [-0.2, -0.15) is 4.31 Å². The Labute approximate surface area is 172 Å². The van der Waals surface area contributed by atoms with Gasteiger partial charge in [0.1, 0.15) is 0 Å². The van der Waals surface area contributed by atoms with Crippen LogP contribution in [-0.4, -0.2) is 47.3 Å². The fourth-order valence-corrected chi connectivity index (χ4v) is 5.70. The van der Waals surface area contributed by atoms with E-state index in [9.17, 15) is 13.2 Å². The lowest BCUT2D eigenvalue weighted by Gasteiger charge is -2.33. The molecule has 1 saturated heterocycles. The van der Waals surface area contributed by atoms with Gasteiger partial charge in [-0.15, -0.1) is 0 Å². The number of carbonyl (C=O) groups is 1. The first-order chi connectivity index (χ1) is 13.8. The van der Waals surface area contributed by atoms with Crippen LogP contribution in [0, 0.1) is 5.92 Å². The summed E-state index contributed by atoms with van der Waals surface area (Å²) >= 11 is 0. The van der Waals surface area contributed by atoms with Gasteiger partial charge in [-0.05, 0) is 51.7 Å². The molecular formula is C21H28N4O3S. The second kappa shape index (κ2) is 7.57. The van der Waals surface area contributed by atoms with Crippen LogP contribution in [0.4, 0.5) is 5.69 Å². The minimum Gasteiger partial charge on any atom is -0.334 e. The average molecular weight is 417 g/mol. The van der Waals surface area contributed by atoms with Crippen molar-refractivity contribution in [1.29, 1.82) is 0 Å². The van der Waals surface area contributed by atoms with Gasteiger partial charge in [0.25, 0.3) is 10.0 Å². The Morgan fingerprint density at radius 3 is 2.52 bits per heavy atom. The molecule has 0 N–H and O–H groups in total. The topological polar surface area (TPSA) is 75.5 Å². The van der Waals surface area contributed by atoms with Gasteiger partial charge in [-0.25, -0.2) is 13.4 Å². The number of hydrogen-bond donors (Lipinski definition) is 0. The van der Waals surface area contributed by atoms with Crippen LogP contribution in [0.5, 0.6) is 0 Å². The van der Waals surface area contributed by atoms with Gasteiger partial charge >= 0.3 is 0 Å². The number of piperidine rings is 1. The highest BCUT2D eigenvalue weighted by Gasteiger charge is 2.38. The monoisotopic (exact) mass is 416 g/mol. The predicted octanol–water partition coefficient (Wildman–Crippen LogP) is 2.84. The molecule has 1 fully saturated rings. The predicted molar refractivity (Wildman–Crippen MR) is 111 cm³/mol. The molecule has 3 heterocycles. The van der Waals surface area contributed by atoms with E-state index in [1.165, 1.54) is 9.87 Å². The summed E-state index contributed by atoms with van der Waals surface area (Å²) in [5.74, 6) is -0.0353. The third-order valence-corrected chi connectivity index (χ3v) is 7.81. The molecule has 0 radical (unpaired) electrons. The number of benzene rings is 1. The lowest BCUT2D eigenvalue weighted by Crippen LogP contribution is -2.46. The molecule has 0 bridgehead atoms. The van der Waals surface area contributed by atoms with E-state index in [0.717, 1.165) is 12.1 Å². The molecule has 2 aliphatic rings. The van der Waals surface area contributed by atoms with Crippen LogP contribution < -0.4 is 4.90 Å². The highest BCUT2D eigenvalue weighted by molar-refractivity contribution is 7.89. The lowest BCUT2D eigenvalue weighted by molar-refractivity contribution is -0.123. The maximum Gasteiger partial charge on any atom is 0.262 e. The standard InChI is InChI=1S/C21H28N4O3S/c1-15(2)23-13-20(22-14-23)29(27,28)24-10-8-17(9-11-24)21(26)25-16(3)12-18-6-4-5-7-19(18)25/h4-7,13-17H,8-12H2,1-3H3. The largest absolute Gasteiger partial charge is 0.334 e. The highest BCUT2D eigenvalue weighted by Crippen LogP contribution is 2.35. The zero-order valence-corrected chi connectivity index (χ0v) is 18.0. The molecule has 1 unspecified atom stereocenters. The summed E-state index contributed by atoms with van der Waals surface area (Å²) in [6.45, 7) is 6.72. The van der Waals surface area contributed by atoms with Crippen LogP contribution in [0.25, 0.3) is 0 Å². The molecule has 29 heavy (non-hydrogen) atoms. The van der Waals surface area contributed by atoms with Gasteiger partial charge in [0.05, 0.1) is 6.33 Å². The number of aromatic nitrogens is 2. The molecule has 0 saturated carbocycles. The Balaban J connectivity index is 1.45. The molecule has 156 valence electrons. The summed E-state index contributed by atoms with van der Waals surface area (Å²) in [6, 6.07) is 8.33. The van der Waals surface area contributed by atoms with Crippen LogP contribution in [0.1, 0.15) is 45.2 Å². The smallest absolute Gasteiger partial charge is 0.262 e. The van der Waals surface area contributed by atoms with E-state index in [-0.39, 0.29) is 28.9 Å². The maximum atomic E-state index is 13.2. The Bertz CT molecular complexity index is 1010. The summed E-state index contributed by atoms with van der Waals surface area (Å²) in [6.07, 6.45) is 5.08. The molecule has 8 heteroatoms. The number of hydrogen-bond acceptors (Lipinski definition) is 4. The minimum absolute atomic E-state index is 0.0815. The molecule has 1 amide bonds. The molecule has 7 nitrogen and oxygen atoms in total. The summed E-state index contributed by atoms with van der Waals surface area (Å²) in [4.78, 5) is 19.2. The molecule has 4 rings (SSSR count). The fourth-order valence-electron chi connectivity index (χ4n) is 4.31. The quantitative estimate of drug-likeness (QED) is 0.768. The van der Waals surface area contributed by atoms with Crippen LogP contribution in [0.2, 0.25) is 0 Å². The van der Waals surface area contributed by atoms with E-state index >= 15 is 0 Å². The fraction of sp³-hybridized carbons (Fsp3) is 0.524. The number of rotatable bonds is 4. The van der Waals surface area contributed by atoms with Crippen molar-refractivity contribution in [3.63, 3.8) is 0 Å². The molecular weight excluding hydrogens is 388 g/mol. The summed E-state index contributed by atoms with van der Waals surface area (Å²) in [5.41, 5.74) is 2.20. The highest BCUT2D eigenvalue weighted by atomic mass is 32.2. The first-order valence-corrected chi connectivity index (χ1v) is 11.7. The number of fused-ring (bicyclic) bond motifs is 1. The van der Waals surface area contributed by atoms with Gasteiger partial charge in [0.2, 0.25) is 5.91 Å². The Kier molecular flexibility index (Phi) is 5.25. The molecule has 2 aliphatic heterocycles. The van der Waals surface area contributed by atoms with E-state index < -0.39 is 10.0 Å². The van der Waals surface area contributed by atoms with Crippen molar-refractivity contribution in [3.8, 4) is 0 Å². The zero-order chi connectivity index (χ0) is 20.8. The Morgan fingerprint density at radius 1 is 1.17 bits per heavy atom. The number of imidazole rings is 1. The number of sulfonamides is 1. The number of amides is 1. The van der Waals surface area contributed by atoms with Gasteiger partial charge in [0, 0.05) is 43.0 Å². The third-order valence-electron chi connectivity index (χ3n) is 6.03. The van der Waals surface area contributed by atoms with Crippen LogP contribution >= 0.6 is 0 Å². The van der Waals surface area contributed by atoms with E-state index in [1.807, 2.05) is 36.9 Å². The van der Waals surface area contributed by atoms with Crippen molar-refractivity contribution in [1.82, 2.24) is 13.9 Å². The minimum atomic E-state index is -3.63. The van der Waals surface area contributed by atoms with E-state index in [4.69, 9.17) is 0 Å². The van der Waals surface area contributed by atoms with Gasteiger partial charge < -0.3 is 9.47 Å². The molecule has 1 aromatic heterocycles. The first kappa shape index (κ1) is 20.1. The van der Waals surface area contributed by atoms with Crippen molar-refractivity contribution in [2.24, 2.45) is 5.92 Å². The summed E-state index contributed by atoms with van der Waals surface area (Å²) in [5, 5.41) is 0.0815. The van der Waals surface area contributed by atoms with E-state index in [0.29, 0.717) is 25.9 Å². The molecule has 0 aliphatic carbocycles. The number of carbonyl (C=O) groups excluding carboxylic acids is 1. The molecule has 0 spiro atoms. The normalized spacial score (nSPS) is 21.0. The second-order valence-corrected chi connectivity index (χ2v) is 10.2. The second-order valence-electron chi connectivity index (χ2n) is 8.32. The van der Waals surface area contributed by atoms with Crippen LogP contribution in [0.3, 0.4) is 0 Å². The van der Waals surface area contributed by atoms with E-state index in [1.54, 1.807) is 17.1 Å². The molecule has 1 aromatic carbocycles. The first-order valence-electron chi connectivity index (χ1n) is 10.2. The number of para-hydroxylation sites is 1. The van der Waals surface area contributed by atoms with Crippen molar-refractivity contribution < 1.29 is 13.2 Å². The molecule has 1 atom stereocenters. The van der Waals surface area contributed by atoms with Crippen molar-refractivity contribution in [2.75, 3.05) is 18.0 Å². The van der Waals surface area contributed by atoms with Crippen molar-refractivity contribution in [3.05, 3.63) is 42.4 Å². The zero-order valence-electron chi connectivity index (χ0n) is 17.2. The Morgan fingerprint density at radius 2 is 1.86 bits per heavy atom. The van der Waals surface area contributed by atoms with Crippen LogP contribution in [0.15, 0.2) is 41.8 Å². The van der Waals surface area contributed by atoms with E-state index in [2.05, 4.69) is 18.0 Å². The van der Waals surface area contributed by atoms with Crippen molar-refractivity contribution in [2.45, 2.75) is 57.1 Å². The summed E-state index contributed by atoms with van der Waals surface area (Å²) in [7, 11) is -3.63. The van der Waals surface area contributed by atoms with Gasteiger partial charge in [-0.1, -0.05) is 18.2 Å². The number of anilines is 1. The average Bonchev–Trinajstić information content (AvgIpc) is 3.32. The lowest BCUT2D eigenvalue weighted by atomic mass is 9.96. The SMILES string of the molecule is CC1Cc2ccccc2N1C(=O)C1CCN(S(=O)(=O)c2cn(C(C)C)cn2)CC1. The van der Waals surface area contributed by atoms with Gasteiger partial charge in [-0.3, -0.25) is 4.79 Å². The third kappa shape index (κ3) is 3.59. The maximum absolute atomic E-state index is 13.2. The molecule has 2 aromatic rings. The van der Waals surface area contributed by atoms with Crippen LogP contribution in [-0.2, 0) is 21.2 Å². The number of nitrogens with zero attached hydrogens (tertiary/aromatic N) is 4.